The molecule has 0 spiro atoms. The highest BCUT2D eigenvalue weighted by Crippen LogP contribution is 1.61. The van der Waals surface area contributed by atoms with Gasteiger partial charge in [0.05, 0.1) is 0 Å². The summed E-state index contributed by atoms with van der Waals surface area (Å²) in [5.74, 6) is 0.167. The van der Waals surface area contributed by atoms with E-state index in [1.165, 1.54) is 13.8 Å². The van der Waals surface area contributed by atoms with Gasteiger partial charge in [0.25, 0.3) is 0 Å². The van der Waals surface area contributed by atoms with Crippen molar-refractivity contribution < 1.29 is 13.2 Å². The van der Waals surface area contributed by atoms with Crippen LogP contribution in [0.15, 0.2) is 0 Å². The van der Waals surface area contributed by atoms with Crippen LogP contribution in [0.2, 0.25) is 0 Å². The van der Waals surface area contributed by atoms with Crippen molar-refractivity contribution in [2.45, 2.75) is 43.6 Å². The molecule has 0 aliphatic rings. The molecule has 0 fully saturated rings. The van der Waals surface area contributed by atoms with Gasteiger partial charge in [-0.2, -0.15) is 0 Å². The van der Waals surface area contributed by atoms with Crippen molar-refractivity contribution in [1.29, 1.82) is 0 Å². The highest BCUT2D eigenvalue weighted by atomic mass is 32.2. The molecule has 0 saturated heterocycles. The average molecular weight is 216 g/mol. The Kier molecular flexibility index (Phi) is 52.8. The molecule has 0 atom stereocenters. The maximum absolute atomic E-state index is 9.63. The summed E-state index contributed by atoms with van der Waals surface area (Å²) in [6.45, 7) is 3.06. The van der Waals surface area contributed by atoms with E-state index in [1.54, 1.807) is 0 Å². The molecular formula is C9H28O3S. The number of carbonyl (C=O) groups excluding carboxylic acids is 1. The van der Waals surface area contributed by atoms with Crippen molar-refractivity contribution in [3.8, 4) is 0 Å². The summed E-state index contributed by atoms with van der Waals surface area (Å²) in [6.07, 6.45) is 2.32. The smallest absolute Gasteiger partial charge is 0.144 e. The predicted molar refractivity (Wildman–Crippen MR) is 64.0 cm³/mol. The number of carbonyl (C=O) groups is 1. The minimum absolute atomic E-state index is 0. The van der Waals surface area contributed by atoms with Crippen molar-refractivity contribution in [2.24, 2.45) is 0 Å². The van der Waals surface area contributed by atoms with E-state index in [0.29, 0.717) is 0 Å². The number of Topliss-reactive ketones (excluding diaryl/α,β-unsaturated/α-hetero) is 1. The molecule has 0 aliphatic carbocycles. The standard InChI is InChI=1S/C3H6O.C2H6O2S.4CH4/c1-3(2)4;1-5(2,3)4;;;;/h1-2H3;1-2H3;4*1H4. The van der Waals surface area contributed by atoms with Gasteiger partial charge in [0.1, 0.15) is 15.6 Å². The molecule has 0 bridgehead atoms. The van der Waals surface area contributed by atoms with E-state index < -0.39 is 9.84 Å². The Balaban J connectivity index is -0.0000000146. The average Bonchev–Trinajstić information content (AvgIpc) is 1.19. The summed E-state index contributed by atoms with van der Waals surface area (Å²) in [5, 5.41) is 0. The van der Waals surface area contributed by atoms with Crippen molar-refractivity contribution in [3.05, 3.63) is 0 Å². The lowest BCUT2D eigenvalue weighted by Crippen LogP contribution is -1.86. The number of rotatable bonds is 0. The van der Waals surface area contributed by atoms with Gasteiger partial charge >= 0.3 is 0 Å². The lowest BCUT2D eigenvalue weighted by Gasteiger charge is -1.69. The molecule has 0 aromatic heterocycles. The van der Waals surface area contributed by atoms with Crippen LogP contribution in [0.1, 0.15) is 43.6 Å². The molecule has 88 valence electrons. The van der Waals surface area contributed by atoms with Crippen LogP contribution >= 0.6 is 0 Å². The fourth-order valence-electron chi connectivity index (χ4n) is 0. The minimum Gasteiger partial charge on any atom is -0.300 e. The molecule has 13 heavy (non-hydrogen) atoms. The first-order valence-corrected chi connectivity index (χ1v) is 4.65. The Labute approximate surface area is 85.5 Å². The molecule has 0 N–H and O–H groups in total. The van der Waals surface area contributed by atoms with Gasteiger partial charge in [-0.25, -0.2) is 8.42 Å². The molecule has 0 aromatic carbocycles. The van der Waals surface area contributed by atoms with Crippen LogP contribution in [0.25, 0.3) is 0 Å². The first-order valence-electron chi connectivity index (χ1n) is 2.35. The van der Waals surface area contributed by atoms with Gasteiger partial charge in [0.15, 0.2) is 0 Å². The number of sulfone groups is 1. The highest BCUT2D eigenvalue weighted by Gasteiger charge is 1.79. The van der Waals surface area contributed by atoms with E-state index in [-0.39, 0.29) is 35.5 Å². The molecule has 0 aliphatic heterocycles. The second kappa shape index (κ2) is 17.6. The third-order valence-corrected chi connectivity index (χ3v) is 0. The molecule has 4 heteroatoms. The van der Waals surface area contributed by atoms with Gasteiger partial charge in [-0.1, -0.05) is 29.7 Å². The van der Waals surface area contributed by atoms with Crippen LogP contribution in [0.5, 0.6) is 0 Å². The Bertz CT molecular complexity index is 157. The number of hydrogen-bond donors (Lipinski definition) is 0. The summed E-state index contributed by atoms with van der Waals surface area (Å²) < 4.78 is 19.3. The van der Waals surface area contributed by atoms with Crippen LogP contribution in [0.4, 0.5) is 0 Å². The Hall–Kier alpha value is -0.380. The fraction of sp³-hybridized carbons (Fsp3) is 0.889. The van der Waals surface area contributed by atoms with Crippen LogP contribution in [-0.2, 0) is 14.6 Å². The SMILES string of the molecule is C.C.C.C.CC(C)=O.CS(C)(=O)=O. The van der Waals surface area contributed by atoms with Crippen molar-refractivity contribution in [3.63, 3.8) is 0 Å². The molecular weight excluding hydrogens is 188 g/mol. The summed E-state index contributed by atoms with van der Waals surface area (Å²) in [6, 6.07) is 0. The van der Waals surface area contributed by atoms with Crippen molar-refractivity contribution in [1.82, 2.24) is 0 Å². The fourth-order valence-corrected chi connectivity index (χ4v) is 0. The molecule has 0 unspecified atom stereocenters. The summed E-state index contributed by atoms with van der Waals surface area (Å²) >= 11 is 0. The summed E-state index contributed by atoms with van der Waals surface area (Å²) in [5.41, 5.74) is 0. The maximum Gasteiger partial charge on any atom is 0.144 e. The Morgan fingerprint density at radius 3 is 0.846 bits per heavy atom. The van der Waals surface area contributed by atoms with Crippen molar-refractivity contribution in [2.75, 3.05) is 12.5 Å². The second-order valence-electron chi connectivity index (χ2n) is 2.05. The van der Waals surface area contributed by atoms with Gasteiger partial charge in [0.2, 0.25) is 0 Å². The van der Waals surface area contributed by atoms with Gasteiger partial charge < -0.3 is 4.79 Å². The quantitative estimate of drug-likeness (QED) is 0.625. The molecule has 0 amide bonds. The normalized spacial score (nSPS) is 6.46. The zero-order valence-electron chi connectivity index (χ0n) is 6.13. The first kappa shape index (κ1) is 38.9. The van der Waals surface area contributed by atoms with E-state index in [9.17, 15) is 13.2 Å². The van der Waals surface area contributed by atoms with Gasteiger partial charge in [-0.3, -0.25) is 0 Å². The van der Waals surface area contributed by atoms with E-state index in [1.807, 2.05) is 0 Å². The van der Waals surface area contributed by atoms with E-state index in [2.05, 4.69) is 0 Å². The molecule has 0 saturated carbocycles. The highest BCUT2D eigenvalue weighted by molar-refractivity contribution is 7.89. The Morgan fingerprint density at radius 1 is 0.846 bits per heavy atom. The molecule has 0 heterocycles. The lowest BCUT2D eigenvalue weighted by molar-refractivity contribution is -0.114. The largest absolute Gasteiger partial charge is 0.300 e. The van der Waals surface area contributed by atoms with Crippen LogP contribution in [-0.4, -0.2) is 26.7 Å². The van der Waals surface area contributed by atoms with E-state index >= 15 is 0 Å². The first-order chi connectivity index (χ1) is 3.73. The maximum atomic E-state index is 9.63. The Morgan fingerprint density at radius 2 is 0.846 bits per heavy atom. The van der Waals surface area contributed by atoms with E-state index in [0.717, 1.165) is 12.5 Å². The van der Waals surface area contributed by atoms with Gasteiger partial charge in [-0.15, -0.1) is 0 Å². The lowest BCUT2D eigenvalue weighted by atomic mass is 10.6. The summed E-state index contributed by atoms with van der Waals surface area (Å²) in [4.78, 5) is 9.44. The molecule has 0 aromatic rings. The predicted octanol–water partition coefficient (Wildman–Crippen LogP) is 2.80. The number of ketones is 1. The van der Waals surface area contributed by atoms with Gasteiger partial charge in [0, 0.05) is 12.5 Å². The molecule has 0 radical (unpaired) electrons. The number of hydrogen-bond acceptors (Lipinski definition) is 3. The zero-order valence-corrected chi connectivity index (χ0v) is 6.95. The molecule has 0 rings (SSSR count). The van der Waals surface area contributed by atoms with Crippen LogP contribution in [0, 0.1) is 0 Å². The zero-order chi connectivity index (χ0) is 8.08. The monoisotopic (exact) mass is 216 g/mol. The summed E-state index contributed by atoms with van der Waals surface area (Å²) in [7, 11) is -2.67. The van der Waals surface area contributed by atoms with Crippen molar-refractivity contribution >= 4 is 15.6 Å². The van der Waals surface area contributed by atoms with Gasteiger partial charge in [-0.05, 0) is 13.8 Å². The molecule has 3 nitrogen and oxygen atoms in total. The third kappa shape index (κ3) is 7450. The third-order valence-electron chi connectivity index (χ3n) is 0. The van der Waals surface area contributed by atoms with Crippen LogP contribution < -0.4 is 0 Å². The van der Waals surface area contributed by atoms with Crippen LogP contribution in [0.3, 0.4) is 0 Å². The minimum atomic E-state index is -2.67. The second-order valence-corrected chi connectivity index (χ2v) is 4.34. The topological polar surface area (TPSA) is 51.2 Å². The van der Waals surface area contributed by atoms with E-state index in [4.69, 9.17) is 0 Å².